The molecule has 20 heavy (non-hydrogen) atoms. The Balaban J connectivity index is 1.99. The molecule has 1 atom stereocenters. The second-order valence-electron chi connectivity index (χ2n) is 4.52. The van der Waals surface area contributed by atoms with E-state index in [9.17, 15) is 4.79 Å². The number of carbonyl (C=O) groups is 1. The van der Waals surface area contributed by atoms with Gasteiger partial charge in [-0.25, -0.2) is 0 Å². The Bertz CT molecular complexity index is 596. The van der Waals surface area contributed by atoms with Gasteiger partial charge in [0.25, 0.3) is 5.91 Å². The first-order chi connectivity index (χ1) is 9.56. The number of hydrogen-bond donors (Lipinski definition) is 1. The lowest BCUT2D eigenvalue weighted by Gasteiger charge is -2.15. The number of amides is 1. The van der Waals surface area contributed by atoms with E-state index in [1.165, 1.54) is 0 Å². The van der Waals surface area contributed by atoms with E-state index in [-0.39, 0.29) is 5.91 Å². The summed E-state index contributed by atoms with van der Waals surface area (Å²) in [5.74, 6) is 0.503. The van der Waals surface area contributed by atoms with Crippen LogP contribution in [0.3, 0.4) is 0 Å². The minimum atomic E-state index is -0.559. The van der Waals surface area contributed by atoms with Gasteiger partial charge in [-0.2, -0.15) is 0 Å². The van der Waals surface area contributed by atoms with Crippen molar-refractivity contribution in [2.24, 2.45) is 0 Å². The summed E-state index contributed by atoms with van der Waals surface area (Å²) < 4.78 is 6.58. The summed E-state index contributed by atoms with van der Waals surface area (Å²) in [6, 6.07) is 15.1. The van der Waals surface area contributed by atoms with Crippen LogP contribution < -0.4 is 10.1 Å². The number of hydrogen-bond acceptors (Lipinski definition) is 2. The van der Waals surface area contributed by atoms with Crippen LogP contribution in [0.4, 0.5) is 5.69 Å². The molecule has 2 aromatic carbocycles. The van der Waals surface area contributed by atoms with Crippen LogP contribution in [0.15, 0.2) is 53.0 Å². The molecule has 1 N–H and O–H groups in total. The maximum absolute atomic E-state index is 12.1. The predicted octanol–water partition coefficient (Wildman–Crippen LogP) is 4.16. The molecule has 0 aliphatic rings. The molecule has 1 amide bonds. The third-order valence-corrected chi connectivity index (χ3v) is 3.43. The summed E-state index contributed by atoms with van der Waals surface area (Å²) in [5, 5.41) is 2.87. The molecule has 0 fully saturated rings. The number of halogens is 1. The largest absolute Gasteiger partial charge is 0.481 e. The minimum Gasteiger partial charge on any atom is -0.481 e. The van der Waals surface area contributed by atoms with Gasteiger partial charge in [-0.1, -0.05) is 34.1 Å². The Morgan fingerprint density at radius 3 is 2.45 bits per heavy atom. The number of aryl methyl sites for hydroxylation is 1. The number of anilines is 1. The van der Waals surface area contributed by atoms with Crippen LogP contribution in [0.25, 0.3) is 0 Å². The van der Waals surface area contributed by atoms with Crippen LogP contribution in [0.2, 0.25) is 0 Å². The van der Waals surface area contributed by atoms with Gasteiger partial charge >= 0.3 is 0 Å². The highest BCUT2D eigenvalue weighted by Crippen LogP contribution is 2.18. The van der Waals surface area contributed by atoms with E-state index >= 15 is 0 Å². The van der Waals surface area contributed by atoms with Gasteiger partial charge in [0.1, 0.15) is 5.75 Å². The third kappa shape index (κ3) is 3.84. The van der Waals surface area contributed by atoms with Crippen LogP contribution >= 0.6 is 15.9 Å². The summed E-state index contributed by atoms with van der Waals surface area (Å²) in [6.45, 7) is 3.69. The molecule has 2 rings (SSSR count). The maximum Gasteiger partial charge on any atom is 0.265 e. The van der Waals surface area contributed by atoms with Crippen molar-refractivity contribution in [3.05, 3.63) is 58.6 Å². The van der Waals surface area contributed by atoms with Gasteiger partial charge in [0.2, 0.25) is 0 Å². The fraction of sp³-hybridized carbons (Fsp3) is 0.188. The van der Waals surface area contributed by atoms with E-state index in [1.807, 2.05) is 55.5 Å². The lowest BCUT2D eigenvalue weighted by atomic mass is 10.2. The molecule has 2 aromatic rings. The van der Waals surface area contributed by atoms with E-state index in [2.05, 4.69) is 21.2 Å². The summed E-state index contributed by atoms with van der Waals surface area (Å²) in [6.07, 6.45) is -0.559. The molecule has 0 spiro atoms. The molecule has 0 aliphatic carbocycles. The van der Waals surface area contributed by atoms with Gasteiger partial charge < -0.3 is 10.1 Å². The van der Waals surface area contributed by atoms with Gasteiger partial charge in [0.05, 0.1) is 0 Å². The molecule has 0 bridgehead atoms. The molecule has 0 saturated heterocycles. The molecule has 0 saturated carbocycles. The monoisotopic (exact) mass is 333 g/mol. The Morgan fingerprint density at radius 2 is 1.80 bits per heavy atom. The quantitative estimate of drug-likeness (QED) is 0.912. The Morgan fingerprint density at radius 1 is 1.15 bits per heavy atom. The summed E-state index contributed by atoms with van der Waals surface area (Å²) in [4.78, 5) is 12.1. The number of benzene rings is 2. The zero-order valence-electron chi connectivity index (χ0n) is 11.4. The van der Waals surface area contributed by atoms with E-state index in [1.54, 1.807) is 6.92 Å². The summed E-state index contributed by atoms with van der Waals surface area (Å²) >= 11 is 3.36. The Hall–Kier alpha value is -1.81. The van der Waals surface area contributed by atoms with Crippen molar-refractivity contribution < 1.29 is 9.53 Å². The van der Waals surface area contributed by atoms with E-state index in [0.717, 1.165) is 15.7 Å². The number of nitrogens with one attached hydrogen (secondary N) is 1. The van der Waals surface area contributed by atoms with Crippen molar-refractivity contribution in [3.63, 3.8) is 0 Å². The highest BCUT2D eigenvalue weighted by Gasteiger charge is 2.15. The van der Waals surface area contributed by atoms with E-state index in [4.69, 9.17) is 4.74 Å². The average Bonchev–Trinajstić information content (AvgIpc) is 2.44. The van der Waals surface area contributed by atoms with Gasteiger partial charge in [-0.15, -0.1) is 0 Å². The summed E-state index contributed by atoms with van der Waals surface area (Å²) in [7, 11) is 0. The van der Waals surface area contributed by atoms with Crippen LogP contribution in [-0.2, 0) is 4.79 Å². The van der Waals surface area contributed by atoms with Gasteiger partial charge in [0, 0.05) is 10.2 Å². The molecule has 0 heterocycles. The lowest BCUT2D eigenvalue weighted by Crippen LogP contribution is -2.30. The number of carbonyl (C=O) groups excluding carboxylic acids is 1. The van der Waals surface area contributed by atoms with Crippen LogP contribution in [0, 0.1) is 6.92 Å². The van der Waals surface area contributed by atoms with Gasteiger partial charge in [-0.05, 0) is 49.7 Å². The van der Waals surface area contributed by atoms with Crippen molar-refractivity contribution in [1.29, 1.82) is 0 Å². The van der Waals surface area contributed by atoms with Gasteiger partial charge in [-0.3, -0.25) is 4.79 Å². The first kappa shape index (κ1) is 14.6. The Labute approximate surface area is 127 Å². The highest BCUT2D eigenvalue weighted by atomic mass is 79.9. The van der Waals surface area contributed by atoms with Crippen LogP contribution in [-0.4, -0.2) is 12.0 Å². The van der Waals surface area contributed by atoms with Crippen LogP contribution in [0.1, 0.15) is 12.5 Å². The molecule has 0 unspecified atom stereocenters. The van der Waals surface area contributed by atoms with Crippen molar-refractivity contribution in [2.75, 3.05) is 5.32 Å². The topological polar surface area (TPSA) is 38.3 Å². The standard InChI is InChI=1S/C16H16BrNO2/c1-11-5-3-4-6-15(11)18-16(19)12(2)20-14-9-7-13(17)8-10-14/h3-10,12H,1-2H3,(H,18,19)/t12-/m0/s1. The third-order valence-electron chi connectivity index (χ3n) is 2.90. The van der Waals surface area contributed by atoms with E-state index < -0.39 is 6.10 Å². The molecule has 0 radical (unpaired) electrons. The van der Waals surface area contributed by atoms with Crippen molar-refractivity contribution >= 4 is 27.5 Å². The van der Waals surface area contributed by atoms with Crippen LogP contribution in [0.5, 0.6) is 5.75 Å². The molecular formula is C16H16BrNO2. The number of ether oxygens (including phenoxy) is 1. The molecule has 3 nitrogen and oxygen atoms in total. The fourth-order valence-corrected chi connectivity index (χ4v) is 1.98. The lowest BCUT2D eigenvalue weighted by molar-refractivity contribution is -0.122. The number of para-hydroxylation sites is 1. The van der Waals surface area contributed by atoms with E-state index in [0.29, 0.717) is 5.75 Å². The molecular weight excluding hydrogens is 318 g/mol. The highest BCUT2D eigenvalue weighted by molar-refractivity contribution is 9.10. The molecule has 0 aromatic heterocycles. The average molecular weight is 334 g/mol. The second kappa shape index (κ2) is 6.57. The fourth-order valence-electron chi connectivity index (χ4n) is 1.72. The first-order valence-electron chi connectivity index (χ1n) is 6.35. The SMILES string of the molecule is Cc1ccccc1NC(=O)[C@H](C)Oc1ccc(Br)cc1. The molecule has 104 valence electrons. The molecule has 0 aliphatic heterocycles. The second-order valence-corrected chi connectivity index (χ2v) is 5.43. The van der Waals surface area contributed by atoms with Crippen molar-refractivity contribution in [2.45, 2.75) is 20.0 Å². The first-order valence-corrected chi connectivity index (χ1v) is 7.14. The minimum absolute atomic E-state index is 0.165. The Kier molecular flexibility index (Phi) is 4.79. The molecule has 4 heteroatoms. The zero-order valence-corrected chi connectivity index (χ0v) is 13.0. The van der Waals surface area contributed by atoms with Gasteiger partial charge in [0.15, 0.2) is 6.10 Å². The summed E-state index contributed by atoms with van der Waals surface area (Å²) in [5.41, 5.74) is 1.83. The van der Waals surface area contributed by atoms with Crippen molar-refractivity contribution in [3.8, 4) is 5.75 Å². The smallest absolute Gasteiger partial charge is 0.265 e. The normalized spacial score (nSPS) is 11.8. The maximum atomic E-state index is 12.1. The number of rotatable bonds is 4. The zero-order chi connectivity index (χ0) is 14.5. The predicted molar refractivity (Wildman–Crippen MR) is 84.0 cm³/mol. The van der Waals surface area contributed by atoms with Crippen molar-refractivity contribution in [1.82, 2.24) is 0 Å².